The molecule has 0 bridgehead atoms. The molecule has 0 saturated heterocycles. The highest BCUT2D eigenvalue weighted by Crippen LogP contribution is 2.23. The van der Waals surface area contributed by atoms with Gasteiger partial charge in [0.2, 0.25) is 5.91 Å². The van der Waals surface area contributed by atoms with Crippen molar-refractivity contribution in [3.63, 3.8) is 0 Å². The minimum absolute atomic E-state index is 0.00850. The first-order valence-corrected chi connectivity index (χ1v) is 9.16. The number of aromatic amines is 1. The van der Waals surface area contributed by atoms with E-state index in [0.717, 1.165) is 27.6 Å². The van der Waals surface area contributed by atoms with Crippen molar-refractivity contribution in [1.82, 2.24) is 10.3 Å². The van der Waals surface area contributed by atoms with Crippen LogP contribution in [0.4, 0.5) is 0 Å². The molecule has 3 aromatic carbocycles. The first-order valence-electron chi connectivity index (χ1n) is 9.16. The van der Waals surface area contributed by atoms with Crippen LogP contribution in [0.3, 0.4) is 0 Å². The average molecular weight is 354 g/mol. The lowest BCUT2D eigenvalue weighted by Gasteiger charge is -2.20. The van der Waals surface area contributed by atoms with E-state index in [1.807, 2.05) is 48.7 Å². The normalized spacial score (nSPS) is 12.0. The lowest BCUT2D eigenvalue weighted by molar-refractivity contribution is -0.120. The Morgan fingerprint density at radius 1 is 0.889 bits per heavy atom. The molecule has 134 valence electrons. The van der Waals surface area contributed by atoms with Crippen molar-refractivity contribution >= 4 is 16.8 Å². The first-order chi connectivity index (χ1) is 13.2. The maximum atomic E-state index is 12.9. The highest BCUT2D eigenvalue weighted by Gasteiger charge is 2.17. The quantitative estimate of drug-likeness (QED) is 0.525. The van der Waals surface area contributed by atoms with Crippen LogP contribution < -0.4 is 5.32 Å². The van der Waals surface area contributed by atoms with Gasteiger partial charge in [-0.25, -0.2) is 0 Å². The summed E-state index contributed by atoms with van der Waals surface area (Å²) in [5.74, 6) is 0.00850. The van der Waals surface area contributed by atoms with Crippen molar-refractivity contribution in [3.05, 3.63) is 107 Å². The SMILES string of the molecule is Cc1ccc(C(NC(=O)Cc2c[nH]c3ccccc23)c2ccccc2)cc1. The third-order valence-electron chi connectivity index (χ3n) is 4.87. The summed E-state index contributed by atoms with van der Waals surface area (Å²) >= 11 is 0. The summed E-state index contributed by atoms with van der Waals surface area (Å²) in [7, 11) is 0. The van der Waals surface area contributed by atoms with Crippen LogP contribution >= 0.6 is 0 Å². The van der Waals surface area contributed by atoms with Crippen LogP contribution in [0.2, 0.25) is 0 Å². The Labute approximate surface area is 159 Å². The zero-order chi connectivity index (χ0) is 18.6. The number of carbonyl (C=O) groups excluding carboxylic acids is 1. The molecule has 0 saturated carbocycles. The summed E-state index contributed by atoms with van der Waals surface area (Å²) in [5.41, 5.74) is 5.43. The van der Waals surface area contributed by atoms with Gasteiger partial charge in [0.05, 0.1) is 12.5 Å². The van der Waals surface area contributed by atoms with Crippen LogP contribution in [0.15, 0.2) is 85.1 Å². The minimum atomic E-state index is -0.162. The van der Waals surface area contributed by atoms with Gasteiger partial charge in [-0.15, -0.1) is 0 Å². The van der Waals surface area contributed by atoms with Gasteiger partial charge < -0.3 is 10.3 Å². The number of aromatic nitrogens is 1. The molecule has 3 nitrogen and oxygen atoms in total. The maximum Gasteiger partial charge on any atom is 0.225 e. The molecule has 0 aliphatic carbocycles. The molecule has 0 aliphatic rings. The van der Waals surface area contributed by atoms with Crippen LogP contribution in [0.1, 0.15) is 28.3 Å². The molecular formula is C24H22N2O. The zero-order valence-corrected chi connectivity index (χ0v) is 15.3. The monoisotopic (exact) mass is 354 g/mol. The minimum Gasteiger partial charge on any atom is -0.361 e. The average Bonchev–Trinajstić information content (AvgIpc) is 3.10. The van der Waals surface area contributed by atoms with Gasteiger partial charge in [-0.3, -0.25) is 4.79 Å². The van der Waals surface area contributed by atoms with Gasteiger partial charge in [-0.1, -0.05) is 78.4 Å². The molecule has 4 aromatic rings. The number of hydrogen-bond acceptors (Lipinski definition) is 1. The molecule has 4 rings (SSSR count). The van der Waals surface area contributed by atoms with Crippen molar-refractivity contribution < 1.29 is 4.79 Å². The van der Waals surface area contributed by atoms with E-state index in [2.05, 4.69) is 53.6 Å². The van der Waals surface area contributed by atoms with E-state index in [4.69, 9.17) is 0 Å². The van der Waals surface area contributed by atoms with Crippen molar-refractivity contribution in [3.8, 4) is 0 Å². The number of hydrogen-bond donors (Lipinski definition) is 2. The highest BCUT2D eigenvalue weighted by molar-refractivity contribution is 5.89. The van der Waals surface area contributed by atoms with Crippen molar-refractivity contribution in [1.29, 1.82) is 0 Å². The predicted molar refractivity (Wildman–Crippen MR) is 110 cm³/mol. The molecule has 0 radical (unpaired) electrons. The van der Waals surface area contributed by atoms with Crippen LogP contribution in [-0.2, 0) is 11.2 Å². The lowest BCUT2D eigenvalue weighted by atomic mass is 9.97. The van der Waals surface area contributed by atoms with Crippen LogP contribution in [0.5, 0.6) is 0 Å². The molecule has 1 atom stereocenters. The number of para-hydroxylation sites is 1. The standard InChI is InChI=1S/C24H22N2O/c1-17-11-13-19(14-12-17)24(18-7-3-2-4-8-18)26-23(27)15-20-16-25-22-10-6-5-9-21(20)22/h2-14,16,24-25H,15H2,1H3,(H,26,27). The van der Waals surface area contributed by atoms with Crippen LogP contribution in [-0.4, -0.2) is 10.9 Å². The lowest BCUT2D eigenvalue weighted by Crippen LogP contribution is -2.30. The fourth-order valence-electron chi connectivity index (χ4n) is 3.43. The molecule has 27 heavy (non-hydrogen) atoms. The molecule has 3 heteroatoms. The number of benzene rings is 3. The fraction of sp³-hybridized carbons (Fsp3) is 0.125. The third kappa shape index (κ3) is 3.77. The second kappa shape index (κ2) is 7.50. The Bertz CT molecular complexity index is 1050. The van der Waals surface area contributed by atoms with Gasteiger partial charge in [-0.05, 0) is 29.7 Å². The summed E-state index contributed by atoms with van der Waals surface area (Å²) in [6, 6.07) is 26.3. The largest absolute Gasteiger partial charge is 0.361 e. The van der Waals surface area contributed by atoms with E-state index in [9.17, 15) is 4.79 Å². The molecule has 1 unspecified atom stereocenters. The van der Waals surface area contributed by atoms with Gasteiger partial charge in [-0.2, -0.15) is 0 Å². The van der Waals surface area contributed by atoms with Crippen molar-refractivity contribution in [2.75, 3.05) is 0 Å². The smallest absolute Gasteiger partial charge is 0.225 e. The molecule has 1 amide bonds. The van der Waals surface area contributed by atoms with E-state index in [1.54, 1.807) is 0 Å². The summed E-state index contributed by atoms with van der Waals surface area (Å²) < 4.78 is 0. The number of rotatable bonds is 5. The summed E-state index contributed by atoms with van der Waals surface area (Å²) in [6.45, 7) is 2.07. The molecule has 0 spiro atoms. The van der Waals surface area contributed by atoms with Gasteiger partial charge in [0.25, 0.3) is 0 Å². The molecular weight excluding hydrogens is 332 g/mol. The van der Waals surface area contributed by atoms with Crippen molar-refractivity contribution in [2.45, 2.75) is 19.4 Å². The second-order valence-electron chi connectivity index (χ2n) is 6.86. The van der Waals surface area contributed by atoms with Gasteiger partial charge in [0.15, 0.2) is 0 Å². The molecule has 2 N–H and O–H groups in total. The third-order valence-corrected chi connectivity index (χ3v) is 4.87. The van der Waals surface area contributed by atoms with Crippen LogP contribution in [0, 0.1) is 6.92 Å². The summed E-state index contributed by atoms with van der Waals surface area (Å²) in [4.78, 5) is 16.1. The Hall–Kier alpha value is -3.33. The Morgan fingerprint density at radius 2 is 1.56 bits per heavy atom. The van der Waals surface area contributed by atoms with Gasteiger partial charge in [0, 0.05) is 17.1 Å². The Kier molecular flexibility index (Phi) is 4.75. The zero-order valence-electron chi connectivity index (χ0n) is 15.3. The number of fused-ring (bicyclic) bond motifs is 1. The Balaban J connectivity index is 1.59. The van der Waals surface area contributed by atoms with Gasteiger partial charge >= 0.3 is 0 Å². The van der Waals surface area contributed by atoms with Crippen LogP contribution in [0.25, 0.3) is 10.9 Å². The number of carbonyl (C=O) groups is 1. The molecule has 1 aromatic heterocycles. The summed E-state index contributed by atoms with van der Waals surface area (Å²) in [6.07, 6.45) is 2.27. The molecule has 0 aliphatic heterocycles. The molecule has 0 fully saturated rings. The topological polar surface area (TPSA) is 44.9 Å². The molecule has 1 heterocycles. The van der Waals surface area contributed by atoms with E-state index >= 15 is 0 Å². The summed E-state index contributed by atoms with van der Waals surface area (Å²) in [5, 5.41) is 4.32. The van der Waals surface area contributed by atoms with E-state index in [1.165, 1.54) is 5.56 Å². The Morgan fingerprint density at radius 3 is 2.33 bits per heavy atom. The van der Waals surface area contributed by atoms with E-state index in [-0.39, 0.29) is 11.9 Å². The number of H-pyrrole nitrogens is 1. The van der Waals surface area contributed by atoms with Crippen molar-refractivity contribution in [2.24, 2.45) is 0 Å². The second-order valence-corrected chi connectivity index (χ2v) is 6.86. The van der Waals surface area contributed by atoms with E-state index < -0.39 is 0 Å². The number of amides is 1. The fourth-order valence-corrected chi connectivity index (χ4v) is 3.43. The first kappa shape index (κ1) is 17.1. The maximum absolute atomic E-state index is 12.9. The van der Waals surface area contributed by atoms with Gasteiger partial charge in [0.1, 0.15) is 0 Å². The highest BCUT2D eigenvalue weighted by atomic mass is 16.1. The predicted octanol–water partition coefficient (Wildman–Crippen LogP) is 4.92. The number of nitrogens with one attached hydrogen (secondary N) is 2. The van der Waals surface area contributed by atoms with E-state index in [0.29, 0.717) is 6.42 Å². The number of aryl methyl sites for hydroxylation is 1.